The molecule has 0 radical (unpaired) electrons. The quantitative estimate of drug-likeness (QED) is 0.727. The van der Waals surface area contributed by atoms with Gasteiger partial charge in [-0.3, -0.25) is 9.58 Å². The average molecular weight is 308 g/mol. The molecule has 2 bridgehead atoms. The van der Waals surface area contributed by atoms with E-state index in [0.29, 0.717) is 12.1 Å². The van der Waals surface area contributed by atoms with Gasteiger partial charge in [0.15, 0.2) is 5.65 Å². The van der Waals surface area contributed by atoms with Crippen LogP contribution >= 0.6 is 0 Å². The highest BCUT2D eigenvalue weighted by Crippen LogP contribution is 2.44. The van der Waals surface area contributed by atoms with E-state index in [1.807, 2.05) is 24.9 Å². The molecule has 5 rings (SSSR count). The molecule has 1 saturated heterocycles. The van der Waals surface area contributed by atoms with Crippen molar-refractivity contribution >= 4 is 5.65 Å². The van der Waals surface area contributed by atoms with Crippen molar-refractivity contribution in [3.8, 4) is 0 Å². The van der Waals surface area contributed by atoms with E-state index >= 15 is 0 Å². The lowest BCUT2D eigenvalue weighted by atomic mass is 9.98. The zero-order chi connectivity index (χ0) is 15.6. The van der Waals surface area contributed by atoms with Crippen LogP contribution in [0.25, 0.3) is 5.65 Å². The van der Waals surface area contributed by atoms with Gasteiger partial charge in [-0.15, -0.1) is 0 Å². The molecule has 0 amide bonds. The van der Waals surface area contributed by atoms with Gasteiger partial charge in [-0.25, -0.2) is 9.50 Å². The molecule has 0 spiro atoms. The number of nitrogens with zero attached hydrogens (tertiary/aromatic N) is 6. The summed E-state index contributed by atoms with van der Waals surface area (Å²) in [6, 6.07) is 3.12. The van der Waals surface area contributed by atoms with Gasteiger partial charge in [0.2, 0.25) is 0 Å². The second kappa shape index (κ2) is 4.64. The molecular formula is C17H20N6. The summed E-state index contributed by atoms with van der Waals surface area (Å²) in [7, 11) is 1.98. The molecule has 1 fully saturated rings. The summed E-state index contributed by atoms with van der Waals surface area (Å²) in [5.74, 6) is 0. The fraction of sp³-hybridized carbons (Fsp3) is 0.471. The highest BCUT2D eigenvalue weighted by atomic mass is 15.3. The van der Waals surface area contributed by atoms with E-state index < -0.39 is 0 Å². The van der Waals surface area contributed by atoms with Crippen LogP contribution in [0, 0.1) is 6.92 Å². The Balaban J connectivity index is 1.56. The van der Waals surface area contributed by atoms with E-state index in [0.717, 1.165) is 24.3 Å². The molecule has 23 heavy (non-hydrogen) atoms. The van der Waals surface area contributed by atoms with E-state index in [9.17, 15) is 0 Å². The van der Waals surface area contributed by atoms with Crippen LogP contribution in [0.3, 0.4) is 0 Å². The second-order valence-electron chi connectivity index (χ2n) is 6.86. The molecular weight excluding hydrogens is 288 g/mol. The number of hydrogen-bond acceptors (Lipinski definition) is 4. The molecule has 0 aliphatic carbocycles. The van der Waals surface area contributed by atoms with Crippen molar-refractivity contribution in [1.29, 1.82) is 0 Å². The van der Waals surface area contributed by atoms with E-state index in [1.54, 1.807) is 0 Å². The zero-order valence-electron chi connectivity index (χ0n) is 13.5. The summed E-state index contributed by atoms with van der Waals surface area (Å²) in [5.41, 5.74) is 6.02. The van der Waals surface area contributed by atoms with Gasteiger partial charge in [-0.05, 0) is 19.8 Å². The number of fused-ring (bicyclic) bond motifs is 6. The molecule has 3 aromatic rings. The summed E-state index contributed by atoms with van der Waals surface area (Å²) in [5, 5.41) is 8.96. The molecule has 2 atom stereocenters. The summed E-state index contributed by atoms with van der Waals surface area (Å²) in [6.45, 7) is 3.01. The number of hydrogen-bond donors (Lipinski definition) is 0. The lowest BCUT2D eigenvalue weighted by Gasteiger charge is -2.35. The molecule has 6 heteroatoms. The molecule has 2 aliphatic rings. The van der Waals surface area contributed by atoms with Crippen LogP contribution in [0.15, 0.2) is 24.7 Å². The lowest BCUT2D eigenvalue weighted by Crippen LogP contribution is -2.38. The van der Waals surface area contributed by atoms with Crippen molar-refractivity contribution < 1.29 is 0 Å². The van der Waals surface area contributed by atoms with Crippen molar-refractivity contribution in [2.75, 3.05) is 0 Å². The Morgan fingerprint density at radius 1 is 1.26 bits per heavy atom. The molecule has 2 aliphatic heterocycles. The fourth-order valence-corrected chi connectivity index (χ4v) is 4.31. The molecule has 0 aromatic carbocycles. The van der Waals surface area contributed by atoms with Gasteiger partial charge in [0.25, 0.3) is 0 Å². The molecule has 6 nitrogen and oxygen atoms in total. The molecule has 5 heterocycles. The summed E-state index contributed by atoms with van der Waals surface area (Å²) >= 11 is 0. The average Bonchev–Trinajstić information content (AvgIpc) is 3.17. The Morgan fingerprint density at radius 3 is 3.00 bits per heavy atom. The topological polar surface area (TPSA) is 51.2 Å². The van der Waals surface area contributed by atoms with Crippen molar-refractivity contribution in [2.45, 2.75) is 44.8 Å². The van der Waals surface area contributed by atoms with E-state index in [1.165, 1.54) is 29.7 Å². The number of aromatic nitrogens is 5. The number of rotatable bonds is 2. The maximum absolute atomic E-state index is 4.66. The highest BCUT2D eigenvalue weighted by Gasteiger charge is 2.41. The Kier molecular flexibility index (Phi) is 2.68. The first-order valence-corrected chi connectivity index (χ1v) is 8.26. The predicted octanol–water partition coefficient (Wildman–Crippen LogP) is 2.03. The largest absolute Gasteiger partial charge is 0.289 e. The summed E-state index contributed by atoms with van der Waals surface area (Å²) < 4.78 is 3.95. The Bertz CT molecular complexity index is 892. The van der Waals surface area contributed by atoms with Crippen molar-refractivity contribution in [2.24, 2.45) is 7.05 Å². The van der Waals surface area contributed by atoms with Crippen molar-refractivity contribution in [1.82, 2.24) is 29.3 Å². The Labute approximate surface area is 134 Å². The second-order valence-corrected chi connectivity index (χ2v) is 6.86. The fourth-order valence-electron chi connectivity index (χ4n) is 4.31. The first kappa shape index (κ1) is 13.2. The molecule has 0 unspecified atom stereocenters. The van der Waals surface area contributed by atoms with E-state index in [4.69, 9.17) is 0 Å². The predicted molar refractivity (Wildman–Crippen MR) is 85.9 cm³/mol. The third kappa shape index (κ3) is 1.94. The van der Waals surface area contributed by atoms with Gasteiger partial charge in [-0.1, -0.05) is 0 Å². The van der Waals surface area contributed by atoms with Crippen LogP contribution in [0.4, 0.5) is 0 Å². The standard InChI is InChI=1S/C17H20N6/c1-11-5-17-18-8-14-15-4-3-13(6-16(14)23(17)20-11)22(15)10-12-7-19-21(2)9-12/h5,7-9,13,15H,3-4,6,10H2,1-2H3/t13-,15-/m1/s1. The van der Waals surface area contributed by atoms with Gasteiger partial charge in [-0.2, -0.15) is 10.2 Å². The maximum atomic E-state index is 4.66. The maximum Gasteiger partial charge on any atom is 0.155 e. The Hall–Kier alpha value is -2.21. The van der Waals surface area contributed by atoms with Crippen LogP contribution in [0.5, 0.6) is 0 Å². The van der Waals surface area contributed by atoms with Gasteiger partial charge < -0.3 is 0 Å². The smallest absolute Gasteiger partial charge is 0.155 e. The third-order valence-electron chi connectivity index (χ3n) is 5.29. The van der Waals surface area contributed by atoms with E-state index in [2.05, 4.69) is 43.1 Å². The number of aryl methyl sites for hydroxylation is 2. The van der Waals surface area contributed by atoms with Crippen LogP contribution in [0.1, 0.15) is 41.4 Å². The van der Waals surface area contributed by atoms with Crippen LogP contribution in [-0.2, 0) is 20.0 Å². The zero-order valence-corrected chi connectivity index (χ0v) is 13.5. The van der Waals surface area contributed by atoms with Crippen molar-refractivity contribution in [3.63, 3.8) is 0 Å². The van der Waals surface area contributed by atoms with Crippen molar-refractivity contribution in [3.05, 3.63) is 47.2 Å². The highest BCUT2D eigenvalue weighted by molar-refractivity contribution is 5.44. The summed E-state index contributed by atoms with van der Waals surface area (Å²) in [6.07, 6.45) is 9.70. The molecule has 3 aromatic heterocycles. The SMILES string of the molecule is Cc1cc2ncc3c(n2n1)C[C@H]1CC[C@H]3N1Cc1cnn(C)c1. The van der Waals surface area contributed by atoms with Crippen LogP contribution in [0.2, 0.25) is 0 Å². The normalized spacial score (nSPS) is 23.6. The van der Waals surface area contributed by atoms with Gasteiger partial charge in [0.05, 0.1) is 17.6 Å². The first-order chi connectivity index (χ1) is 11.2. The minimum absolute atomic E-state index is 0.463. The van der Waals surface area contributed by atoms with Crippen LogP contribution in [-0.4, -0.2) is 35.3 Å². The van der Waals surface area contributed by atoms with E-state index in [-0.39, 0.29) is 0 Å². The minimum Gasteiger partial charge on any atom is -0.289 e. The Morgan fingerprint density at radius 2 is 2.17 bits per heavy atom. The molecule has 118 valence electrons. The monoisotopic (exact) mass is 308 g/mol. The van der Waals surface area contributed by atoms with Gasteiger partial charge in [0, 0.05) is 61.7 Å². The third-order valence-corrected chi connectivity index (χ3v) is 5.29. The van der Waals surface area contributed by atoms with Gasteiger partial charge in [0.1, 0.15) is 0 Å². The molecule has 0 N–H and O–H groups in total. The van der Waals surface area contributed by atoms with Crippen LogP contribution < -0.4 is 0 Å². The summed E-state index contributed by atoms with van der Waals surface area (Å²) in [4.78, 5) is 7.26. The first-order valence-electron chi connectivity index (χ1n) is 8.26. The minimum atomic E-state index is 0.463. The van der Waals surface area contributed by atoms with Gasteiger partial charge >= 0.3 is 0 Å². The lowest BCUT2D eigenvalue weighted by molar-refractivity contribution is 0.165. The molecule has 0 saturated carbocycles.